The van der Waals surface area contributed by atoms with Crippen LogP contribution in [-0.2, 0) is 22.4 Å². The third kappa shape index (κ3) is 4.76. The lowest BCUT2D eigenvalue weighted by Gasteiger charge is -2.21. The van der Waals surface area contributed by atoms with Crippen molar-refractivity contribution in [2.24, 2.45) is 0 Å². The highest BCUT2D eigenvalue weighted by molar-refractivity contribution is 6.07. The number of fused-ring (bicyclic) bond motifs is 1. The van der Waals surface area contributed by atoms with Crippen molar-refractivity contribution in [1.82, 2.24) is 20.7 Å². The second-order valence-corrected chi connectivity index (χ2v) is 8.92. The lowest BCUT2D eigenvalue weighted by atomic mass is 9.93. The second kappa shape index (κ2) is 9.59. The zero-order chi connectivity index (χ0) is 24.3. The summed E-state index contributed by atoms with van der Waals surface area (Å²) in [6.07, 6.45) is 2.61. The first kappa shape index (κ1) is 23.4. The smallest absolute Gasteiger partial charge is 0.344 e. The number of carbonyl (C=O) groups excluding carboxylic acids is 3. The largest absolute Gasteiger partial charge is 0.497 e. The molecule has 0 radical (unpaired) electrons. The number of aryl methyl sites for hydroxylation is 3. The first-order chi connectivity index (χ1) is 16.3. The number of rotatable bonds is 9. The van der Waals surface area contributed by atoms with Crippen molar-refractivity contribution in [3.63, 3.8) is 0 Å². The van der Waals surface area contributed by atoms with E-state index in [9.17, 15) is 14.4 Å². The number of aromatic amines is 1. The van der Waals surface area contributed by atoms with Crippen molar-refractivity contribution in [2.45, 2.75) is 51.5 Å². The summed E-state index contributed by atoms with van der Waals surface area (Å²) >= 11 is 0. The van der Waals surface area contributed by atoms with Gasteiger partial charge in [0.05, 0.1) is 7.11 Å². The fourth-order valence-electron chi connectivity index (χ4n) is 4.48. The summed E-state index contributed by atoms with van der Waals surface area (Å²) in [6, 6.07) is 15.1. The van der Waals surface area contributed by atoms with Crippen molar-refractivity contribution in [3.05, 3.63) is 65.4 Å². The molecular weight excluding hydrogens is 432 g/mol. The standard InChI is InChI=1S/C26H30N4O4/c1-17-20(21-16-19(34-3)11-13-22(21)27-17)12-14-23(31)29-30-24(32)26(2,28-25(30)33)15-7-10-18-8-5-4-6-9-18/h4-6,8-9,11,13,16,27H,7,10,12,14-15H2,1-3H3,(H,28,33)(H,29,31). The molecule has 3 aromatic rings. The predicted octanol–water partition coefficient (Wildman–Crippen LogP) is 3.78. The van der Waals surface area contributed by atoms with Gasteiger partial charge in [-0.1, -0.05) is 30.3 Å². The number of aromatic nitrogens is 1. The number of nitrogens with one attached hydrogen (secondary N) is 3. The number of hydrazine groups is 1. The Labute approximate surface area is 198 Å². The first-order valence-electron chi connectivity index (χ1n) is 11.5. The summed E-state index contributed by atoms with van der Waals surface area (Å²) in [6.45, 7) is 3.66. The van der Waals surface area contributed by atoms with Gasteiger partial charge in [-0.25, -0.2) is 4.79 Å². The minimum atomic E-state index is -1.04. The molecule has 0 bridgehead atoms. The maximum atomic E-state index is 13.0. The molecule has 8 heteroatoms. The molecule has 1 fully saturated rings. The van der Waals surface area contributed by atoms with Crippen LogP contribution in [0.15, 0.2) is 48.5 Å². The van der Waals surface area contributed by atoms with Crippen molar-refractivity contribution in [1.29, 1.82) is 0 Å². The van der Waals surface area contributed by atoms with Crippen LogP contribution in [0.3, 0.4) is 0 Å². The van der Waals surface area contributed by atoms with E-state index in [0.29, 0.717) is 12.8 Å². The van der Waals surface area contributed by atoms with E-state index < -0.39 is 23.4 Å². The molecule has 2 aromatic carbocycles. The van der Waals surface area contributed by atoms with Gasteiger partial charge < -0.3 is 15.0 Å². The highest BCUT2D eigenvalue weighted by atomic mass is 16.5. The summed E-state index contributed by atoms with van der Waals surface area (Å²) in [7, 11) is 1.61. The van der Waals surface area contributed by atoms with Gasteiger partial charge in [0, 0.05) is 23.0 Å². The van der Waals surface area contributed by atoms with Crippen LogP contribution in [-0.4, -0.2) is 40.5 Å². The number of methoxy groups -OCH3 is 1. The number of carbonyl (C=O) groups is 3. The van der Waals surface area contributed by atoms with Gasteiger partial charge in [0.1, 0.15) is 11.3 Å². The van der Waals surface area contributed by atoms with Crippen molar-refractivity contribution < 1.29 is 19.1 Å². The number of nitrogens with zero attached hydrogens (tertiary/aromatic N) is 1. The third-order valence-corrected chi connectivity index (χ3v) is 6.41. The van der Waals surface area contributed by atoms with Crippen LogP contribution in [0.4, 0.5) is 4.79 Å². The molecule has 4 rings (SSSR count). The van der Waals surface area contributed by atoms with Crippen LogP contribution in [0, 0.1) is 6.92 Å². The SMILES string of the molecule is COc1ccc2[nH]c(C)c(CCC(=O)NN3C(=O)NC(C)(CCCc4ccccc4)C3=O)c2c1. The number of imide groups is 1. The molecule has 1 aromatic heterocycles. The van der Waals surface area contributed by atoms with Gasteiger partial charge >= 0.3 is 6.03 Å². The van der Waals surface area contributed by atoms with Gasteiger partial charge in [0.2, 0.25) is 5.91 Å². The van der Waals surface area contributed by atoms with Crippen LogP contribution in [0.25, 0.3) is 10.9 Å². The van der Waals surface area contributed by atoms with Gasteiger partial charge in [0.15, 0.2) is 0 Å². The molecule has 0 saturated carbocycles. The Hall–Kier alpha value is -3.81. The molecule has 34 heavy (non-hydrogen) atoms. The van der Waals surface area contributed by atoms with Gasteiger partial charge in [-0.05, 0) is 68.9 Å². The fourth-order valence-corrected chi connectivity index (χ4v) is 4.48. The topological polar surface area (TPSA) is 104 Å². The summed E-state index contributed by atoms with van der Waals surface area (Å²) < 4.78 is 5.32. The van der Waals surface area contributed by atoms with Crippen molar-refractivity contribution in [2.75, 3.05) is 7.11 Å². The Balaban J connectivity index is 1.35. The maximum Gasteiger partial charge on any atom is 0.344 e. The molecule has 1 unspecified atom stereocenters. The Morgan fingerprint density at radius 2 is 1.88 bits per heavy atom. The number of amides is 4. The molecule has 1 saturated heterocycles. The van der Waals surface area contributed by atoms with Crippen LogP contribution >= 0.6 is 0 Å². The molecule has 4 amide bonds. The van der Waals surface area contributed by atoms with E-state index in [1.807, 2.05) is 55.5 Å². The van der Waals surface area contributed by atoms with E-state index in [-0.39, 0.29) is 6.42 Å². The van der Waals surface area contributed by atoms with E-state index in [2.05, 4.69) is 15.7 Å². The van der Waals surface area contributed by atoms with E-state index in [1.54, 1.807) is 14.0 Å². The molecule has 0 spiro atoms. The van der Waals surface area contributed by atoms with Gasteiger partial charge in [0.25, 0.3) is 5.91 Å². The average molecular weight is 463 g/mol. The molecule has 3 N–H and O–H groups in total. The minimum Gasteiger partial charge on any atom is -0.497 e. The zero-order valence-electron chi connectivity index (χ0n) is 19.7. The molecule has 0 aliphatic carbocycles. The number of urea groups is 1. The Morgan fingerprint density at radius 1 is 1.12 bits per heavy atom. The average Bonchev–Trinajstić information content (AvgIpc) is 3.25. The molecule has 1 aliphatic heterocycles. The normalized spacial score (nSPS) is 17.8. The number of ether oxygens (including phenoxy) is 1. The lowest BCUT2D eigenvalue weighted by Crippen LogP contribution is -2.48. The number of benzene rings is 2. The van der Waals surface area contributed by atoms with E-state index in [4.69, 9.17) is 4.74 Å². The van der Waals surface area contributed by atoms with Crippen LogP contribution in [0.5, 0.6) is 5.75 Å². The first-order valence-corrected chi connectivity index (χ1v) is 11.5. The van der Waals surface area contributed by atoms with Crippen LogP contribution < -0.4 is 15.5 Å². The molecule has 178 valence electrons. The predicted molar refractivity (Wildman–Crippen MR) is 129 cm³/mol. The molecule has 1 atom stereocenters. The van der Waals surface area contributed by atoms with Gasteiger partial charge in [-0.3, -0.25) is 15.0 Å². The maximum absolute atomic E-state index is 13.0. The Kier molecular flexibility index (Phi) is 6.58. The third-order valence-electron chi connectivity index (χ3n) is 6.41. The number of hydrogen-bond donors (Lipinski definition) is 3. The summed E-state index contributed by atoms with van der Waals surface area (Å²) in [5.74, 6) is -0.0938. The van der Waals surface area contributed by atoms with E-state index in [1.165, 1.54) is 5.56 Å². The van der Waals surface area contributed by atoms with Gasteiger partial charge in [-0.15, -0.1) is 0 Å². The van der Waals surface area contributed by atoms with Crippen LogP contribution in [0.1, 0.15) is 43.0 Å². The number of H-pyrrole nitrogens is 1. The highest BCUT2D eigenvalue weighted by Crippen LogP contribution is 2.27. The fraction of sp³-hybridized carbons (Fsp3) is 0.346. The Bertz CT molecular complexity index is 1220. The van der Waals surface area contributed by atoms with Crippen LogP contribution in [0.2, 0.25) is 0 Å². The summed E-state index contributed by atoms with van der Waals surface area (Å²) in [5.41, 5.74) is 5.58. The number of hydrogen-bond acceptors (Lipinski definition) is 4. The van der Waals surface area contributed by atoms with Crippen molar-refractivity contribution in [3.8, 4) is 5.75 Å². The van der Waals surface area contributed by atoms with E-state index in [0.717, 1.165) is 45.8 Å². The van der Waals surface area contributed by atoms with E-state index >= 15 is 0 Å². The highest BCUT2D eigenvalue weighted by Gasteiger charge is 2.48. The van der Waals surface area contributed by atoms with Gasteiger partial charge in [-0.2, -0.15) is 5.01 Å². The second-order valence-electron chi connectivity index (χ2n) is 8.92. The molecule has 2 heterocycles. The Morgan fingerprint density at radius 3 is 2.62 bits per heavy atom. The zero-order valence-corrected chi connectivity index (χ0v) is 19.7. The quantitative estimate of drug-likeness (QED) is 0.421. The van der Waals surface area contributed by atoms with Crippen molar-refractivity contribution >= 4 is 28.7 Å². The minimum absolute atomic E-state index is 0.132. The molecular formula is C26H30N4O4. The molecule has 8 nitrogen and oxygen atoms in total. The summed E-state index contributed by atoms with van der Waals surface area (Å²) in [4.78, 5) is 41.4. The monoisotopic (exact) mass is 462 g/mol. The summed E-state index contributed by atoms with van der Waals surface area (Å²) in [5, 5.41) is 4.55. The lowest BCUT2D eigenvalue weighted by molar-refractivity contribution is -0.138. The molecule has 1 aliphatic rings.